The molecule has 0 radical (unpaired) electrons. The second kappa shape index (κ2) is 8.49. The molecule has 1 aliphatic carbocycles. The van der Waals surface area contributed by atoms with Crippen LogP contribution in [0.2, 0.25) is 0 Å². The van der Waals surface area contributed by atoms with E-state index < -0.39 is 5.54 Å². The molecule has 0 unspecified atom stereocenters. The lowest BCUT2D eigenvalue weighted by molar-refractivity contribution is -0.133. The number of aromatic nitrogens is 3. The summed E-state index contributed by atoms with van der Waals surface area (Å²) in [5.74, 6) is -0.855. The van der Waals surface area contributed by atoms with Gasteiger partial charge in [0.15, 0.2) is 5.69 Å². The van der Waals surface area contributed by atoms with Crippen molar-refractivity contribution in [3.63, 3.8) is 0 Å². The summed E-state index contributed by atoms with van der Waals surface area (Å²) < 4.78 is 1.48. The normalized spacial score (nSPS) is 21.1. The van der Waals surface area contributed by atoms with Gasteiger partial charge in [0, 0.05) is 24.8 Å². The molecule has 1 aliphatic heterocycles. The highest BCUT2D eigenvalue weighted by molar-refractivity contribution is 6.01. The van der Waals surface area contributed by atoms with Crippen LogP contribution in [0.5, 0.6) is 0 Å². The van der Waals surface area contributed by atoms with Gasteiger partial charge in [-0.1, -0.05) is 18.9 Å². The molecule has 164 valence electrons. The fourth-order valence-electron chi connectivity index (χ4n) is 4.42. The molecular formula is C22H28N6O3. The molecule has 2 aromatic heterocycles. The molecule has 3 amide bonds. The van der Waals surface area contributed by atoms with Gasteiger partial charge < -0.3 is 15.5 Å². The Balaban J connectivity index is 1.52. The maximum absolute atomic E-state index is 13.2. The molecule has 2 N–H and O–H groups in total. The molecule has 3 heterocycles. The molecule has 1 atom stereocenters. The summed E-state index contributed by atoms with van der Waals surface area (Å²) in [6.07, 6.45) is 5.81. The van der Waals surface area contributed by atoms with E-state index in [1.54, 1.807) is 24.1 Å². The first-order chi connectivity index (χ1) is 14.9. The minimum absolute atomic E-state index is 0.149. The highest BCUT2D eigenvalue weighted by atomic mass is 16.2. The van der Waals surface area contributed by atoms with Crippen LogP contribution >= 0.6 is 0 Å². The van der Waals surface area contributed by atoms with Gasteiger partial charge >= 0.3 is 0 Å². The van der Waals surface area contributed by atoms with E-state index >= 15 is 0 Å². The Morgan fingerprint density at radius 2 is 2.03 bits per heavy atom. The van der Waals surface area contributed by atoms with E-state index in [9.17, 15) is 14.4 Å². The first-order valence-corrected chi connectivity index (χ1v) is 10.8. The van der Waals surface area contributed by atoms with E-state index in [2.05, 4.69) is 20.7 Å². The van der Waals surface area contributed by atoms with E-state index in [1.807, 2.05) is 19.1 Å². The molecule has 1 saturated carbocycles. The Kier molecular flexibility index (Phi) is 5.75. The van der Waals surface area contributed by atoms with Gasteiger partial charge in [0.1, 0.15) is 11.2 Å². The van der Waals surface area contributed by atoms with E-state index in [1.165, 1.54) is 10.7 Å². The Labute approximate surface area is 181 Å². The van der Waals surface area contributed by atoms with Crippen LogP contribution in [-0.4, -0.2) is 55.5 Å². The molecule has 4 rings (SSSR count). The summed E-state index contributed by atoms with van der Waals surface area (Å²) in [5.41, 5.74) is 0.130. The highest BCUT2D eigenvalue weighted by Gasteiger charge is 2.48. The largest absolute Gasteiger partial charge is 0.351 e. The first-order valence-electron chi connectivity index (χ1n) is 10.8. The molecule has 2 aromatic rings. The SMILES string of the molecule is CCN1C(=O)c2cc(C(=O)NCc3ccccn3)nn2C[C@]1(C)C(=O)NC1CCCC1. The van der Waals surface area contributed by atoms with Crippen molar-refractivity contribution in [1.82, 2.24) is 30.3 Å². The standard InChI is InChI=1S/C22H28N6O3/c1-3-27-20(30)18-12-17(19(29)24-13-16-10-6-7-11-23-16)26-28(18)14-22(27,2)21(31)25-15-8-4-5-9-15/h6-7,10-12,15H,3-5,8-9,13-14H2,1-2H3,(H,24,29)(H,25,31)/t22-/m1/s1. The van der Waals surface area contributed by atoms with Crippen molar-refractivity contribution in [2.45, 2.75) is 64.2 Å². The van der Waals surface area contributed by atoms with Crippen LogP contribution in [0.3, 0.4) is 0 Å². The van der Waals surface area contributed by atoms with Gasteiger partial charge in [-0.2, -0.15) is 5.10 Å². The zero-order valence-electron chi connectivity index (χ0n) is 17.9. The van der Waals surface area contributed by atoms with Crippen molar-refractivity contribution in [3.05, 3.63) is 47.5 Å². The second-order valence-electron chi connectivity index (χ2n) is 8.35. The highest BCUT2D eigenvalue weighted by Crippen LogP contribution is 2.28. The quantitative estimate of drug-likeness (QED) is 0.730. The van der Waals surface area contributed by atoms with Crippen LogP contribution in [-0.2, 0) is 17.9 Å². The number of amides is 3. The number of hydrogen-bond acceptors (Lipinski definition) is 5. The third-order valence-electron chi connectivity index (χ3n) is 6.18. The maximum Gasteiger partial charge on any atom is 0.273 e. The number of likely N-dealkylation sites (N-methyl/N-ethyl adjacent to an activating group) is 1. The van der Waals surface area contributed by atoms with Gasteiger partial charge in [-0.15, -0.1) is 0 Å². The smallest absolute Gasteiger partial charge is 0.273 e. The number of nitrogens with zero attached hydrogens (tertiary/aromatic N) is 4. The number of pyridine rings is 1. The van der Waals surface area contributed by atoms with Crippen molar-refractivity contribution in [1.29, 1.82) is 0 Å². The fourth-order valence-corrected chi connectivity index (χ4v) is 4.42. The Morgan fingerprint density at radius 1 is 1.26 bits per heavy atom. The van der Waals surface area contributed by atoms with Crippen LogP contribution in [0, 0.1) is 0 Å². The molecule has 1 fully saturated rings. The van der Waals surface area contributed by atoms with Crippen molar-refractivity contribution >= 4 is 17.7 Å². The van der Waals surface area contributed by atoms with E-state index in [0.717, 1.165) is 31.4 Å². The van der Waals surface area contributed by atoms with Crippen LogP contribution in [0.4, 0.5) is 0 Å². The van der Waals surface area contributed by atoms with E-state index in [0.29, 0.717) is 12.2 Å². The lowest BCUT2D eigenvalue weighted by atomic mass is 9.94. The molecule has 9 nitrogen and oxygen atoms in total. The molecular weight excluding hydrogens is 396 g/mol. The van der Waals surface area contributed by atoms with Crippen molar-refractivity contribution in [2.24, 2.45) is 0 Å². The molecule has 0 aromatic carbocycles. The van der Waals surface area contributed by atoms with E-state index in [-0.39, 0.29) is 42.5 Å². The summed E-state index contributed by atoms with van der Waals surface area (Å²) in [5, 5.41) is 10.2. The Bertz CT molecular complexity index is 982. The molecule has 0 saturated heterocycles. The summed E-state index contributed by atoms with van der Waals surface area (Å²) >= 11 is 0. The van der Waals surface area contributed by atoms with Crippen LogP contribution in [0.1, 0.15) is 66.2 Å². The summed E-state index contributed by atoms with van der Waals surface area (Å²) in [7, 11) is 0. The predicted molar refractivity (Wildman–Crippen MR) is 113 cm³/mol. The molecule has 0 spiro atoms. The minimum atomic E-state index is -1.06. The lowest BCUT2D eigenvalue weighted by Gasteiger charge is -2.43. The van der Waals surface area contributed by atoms with Crippen LogP contribution < -0.4 is 10.6 Å². The Morgan fingerprint density at radius 3 is 2.71 bits per heavy atom. The van der Waals surface area contributed by atoms with Gasteiger partial charge in [0.05, 0.1) is 18.8 Å². The predicted octanol–water partition coefficient (Wildman–Crippen LogP) is 1.50. The number of carbonyl (C=O) groups is 3. The van der Waals surface area contributed by atoms with Gasteiger partial charge in [-0.3, -0.25) is 24.0 Å². The monoisotopic (exact) mass is 424 g/mol. The average Bonchev–Trinajstić information content (AvgIpc) is 3.43. The number of fused-ring (bicyclic) bond motifs is 1. The fraction of sp³-hybridized carbons (Fsp3) is 0.500. The number of rotatable bonds is 6. The van der Waals surface area contributed by atoms with Crippen molar-refractivity contribution < 1.29 is 14.4 Å². The van der Waals surface area contributed by atoms with Crippen LogP contribution in [0.15, 0.2) is 30.5 Å². The molecule has 0 bridgehead atoms. The van der Waals surface area contributed by atoms with Crippen LogP contribution in [0.25, 0.3) is 0 Å². The molecule has 9 heteroatoms. The number of hydrogen-bond donors (Lipinski definition) is 2. The zero-order valence-corrected chi connectivity index (χ0v) is 17.9. The van der Waals surface area contributed by atoms with Crippen molar-refractivity contribution in [2.75, 3.05) is 6.54 Å². The Hall–Kier alpha value is -3.23. The maximum atomic E-state index is 13.2. The third-order valence-corrected chi connectivity index (χ3v) is 6.18. The van der Waals surface area contributed by atoms with Gasteiger partial charge in [0.25, 0.3) is 11.8 Å². The topological polar surface area (TPSA) is 109 Å². The van der Waals surface area contributed by atoms with Crippen molar-refractivity contribution in [3.8, 4) is 0 Å². The first kappa shape index (κ1) is 21.0. The average molecular weight is 425 g/mol. The summed E-state index contributed by atoms with van der Waals surface area (Å²) in [6, 6.07) is 7.12. The molecule has 31 heavy (non-hydrogen) atoms. The van der Waals surface area contributed by atoms with Gasteiger partial charge in [-0.25, -0.2) is 0 Å². The number of carbonyl (C=O) groups excluding carboxylic acids is 3. The lowest BCUT2D eigenvalue weighted by Crippen LogP contribution is -2.64. The summed E-state index contributed by atoms with van der Waals surface area (Å²) in [4.78, 5) is 44.7. The minimum Gasteiger partial charge on any atom is -0.351 e. The zero-order chi connectivity index (χ0) is 22.0. The molecule has 2 aliphatic rings. The van der Waals surface area contributed by atoms with Gasteiger partial charge in [-0.05, 0) is 38.8 Å². The summed E-state index contributed by atoms with van der Waals surface area (Å²) in [6.45, 7) is 4.47. The second-order valence-corrected chi connectivity index (χ2v) is 8.35. The van der Waals surface area contributed by atoms with Gasteiger partial charge in [0.2, 0.25) is 5.91 Å². The van der Waals surface area contributed by atoms with E-state index in [4.69, 9.17) is 0 Å². The third kappa shape index (κ3) is 4.04. The number of nitrogens with one attached hydrogen (secondary N) is 2.